The Morgan fingerprint density at radius 2 is 2.25 bits per heavy atom. The molecule has 2 rings (SSSR count). The number of hydrogen-bond donors (Lipinski definition) is 1. The van der Waals surface area contributed by atoms with Crippen molar-refractivity contribution in [2.45, 2.75) is 19.4 Å². The van der Waals surface area contributed by atoms with Crippen molar-refractivity contribution in [2.24, 2.45) is 0 Å². The SMILES string of the molecule is CC1CN(C)CCCN1c1ccnc(N)n1. The third-order valence-corrected chi connectivity index (χ3v) is 3.00. The molecule has 5 nitrogen and oxygen atoms in total. The molecule has 1 fully saturated rings. The Balaban J connectivity index is 2.19. The minimum absolute atomic E-state index is 0.349. The van der Waals surface area contributed by atoms with Crippen LogP contribution >= 0.6 is 0 Å². The van der Waals surface area contributed by atoms with Crippen LogP contribution in [0.3, 0.4) is 0 Å². The van der Waals surface area contributed by atoms with Crippen molar-refractivity contribution < 1.29 is 0 Å². The lowest BCUT2D eigenvalue weighted by Crippen LogP contribution is -2.38. The fourth-order valence-corrected chi connectivity index (χ4v) is 2.24. The van der Waals surface area contributed by atoms with Gasteiger partial charge >= 0.3 is 0 Å². The minimum atomic E-state index is 0.349. The number of nitrogen functional groups attached to an aromatic ring is 1. The number of anilines is 2. The molecule has 0 aromatic carbocycles. The van der Waals surface area contributed by atoms with Gasteiger partial charge in [-0.1, -0.05) is 0 Å². The molecule has 0 bridgehead atoms. The van der Waals surface area contributed by atoms with Gasteiger partial charge in [-0.05, 0) is 33.0 Å². The molecule has 16 heavy (non-hydrogen) atoms. The number of nitrogens with zero attached hydrogens (tertiary/aromatic N) is 4. The van der Waals surface area contributed by atoms with E-state index in [1.807, 2.05) is 6.07 Å². The predicted octanol–water partition coefficient (Wildman–Crippen LogP) is 0.589. The highest BCUT2D eigenvalue weighted by atomic mass is 15.3. The maximum Gasteiger partial charge on any atom is 0.221 e. The van der Waals surface area contributed by atoms with Crippen molar-refractivity contribution in [2.75, 3.05) is 37.3 Å². The van der Waals surface area contributed by atoms with E-state index in [1.165, 1.54) is 0 Å². The van der Waals surface area contributed by atoms with E-state index in [1.54, 1.807) is 6.20 Å². The minimum Gasteiger partial charge on any atom is -0.368 e. The maximum atomic E-state index is 5.62. The molecule has 1 atom stereocenters. The van der Waals surface area contributed by atoms with E-state index in [0.29, 0.717) is 12.0 Å². The van der Waals surface area contributed by atoms with Gasteiger partial charge in [0, 0.05) is 25.3 Å². The predicted molar refractivity (Wildman–Crippen MR) is 65.4 cm³/mol. The van der Waals surface area contributed by atoms with Crippen molar-refractivity contribution >= 4 is 11.8 Å². The summed E-state index contributed by atoms with van der Waals surface area (Å²) >= 11 is 0. The van der Waals surface area contributed by atoms with Gasteiger partial charge in [-0.25, -0.2) is 4.98 Å². The first-order chi connectivity index (χ1) is 7.66. The lowest BCUT2D eigenvalue weighted by molar-refractivity contribution is 0.337. The summed E-state index contributed by atoms with van der Waals surface area (Å²) in [4.78, 5) is 12.9. The molecule has 0 radical (unpaired) electrons. The van der Waals surface area contributed by atoms with E-state index in [4.69, 9.17) is 5.73 Å². The Morgan fingerprint density at radius 3 is 3.00 bits per heavy atom. The Bertz CT molecular complexity index is 354. The molecule has 1 aliphatic rings. The van der Waals surface area contributed by atoms with Crippen LogP contribution in [-0.2, 0) is 0 Å². The number of nitrogens with two attached hydrogens (primary N) is 1. The van der Waals surface area contributed by atoms with Gasteiger partial charge in [0.2, 0.25) is 5.95 Å². The average Bonchev–Trinajstić information content (AvgIpc) is 2.39. The first-order valence-corrected chi connectivity index (χ1v) is 5.70. The second-order valence-corrected chi connectivity index (χ2v) is 4.43. The number of hydrogen-bond acceptors (Lipinski definition) is 5. The number of aromatic nitrogens is 2. The number of likely N-dealkylation sites (N-methyl/N-ethyl adjacent to an activating group) is 1. The highest BCUT2D eigenvalue weighted by Gasteiger charge is 2.20. The second-order valence-electron chi connectivity index (χ2n) is 4.43. The molecule has 0 aliphatic carbocycles. The van der Waals surface area contributed by atoms with Crippen LogP contribution in [0.4, 0.5) is 11.8 Å². The summed E-state index contributed by atoms with van der Waals surface area (Å²) in [7, 11) is 2.16. The van der Waals surface area contributed by atoms with Crippen LogP contribution in [0.25, 0.3) is 0 Å². The fourth-order valence-electron chi connectivity index (χ4n) is 2.24. The summed E-state index contributed by atoms with van der Waals surface area (Å²) in [6.45, 7) is 5.45. The molecule has 1 aromatic heterocycles. The summed E-state index contributed by atoms with van der Waals surface area (Å²) in [5, 5.41) is 0. The molecule has 0 saturated carbocycles. The highest BCUT2D eigenvalue weighted by molar-refractivity contribution is 5.42. The van der Waals surface area contributed by atoms with Crippen molar-refractivity contribution in [3.05, 3.63) is 12.3 Å². The molecule has 1 aromatic rings. The van der Waals surface area contributed by atoms with Crippen molar-refractivity contribution in [1.29, 1.82) is 0 Å². The third kappa shape index (κ3) is 2.41. The molecule has 1 unspecified atom stereocenters. The van der Waals surface area contributed by atoms with Gasteiger partial charge < -0.3 is 15.5 Å². The first kappa shape index (κ1) is 11.1. The summed E-state index contributed by atoms with van der Waals surface area (Å²) in [6.07, 6.45) is 2.88. The Morgan fingerprint density at radius 1 is 1.44 bits per heavy atom. The molecular weight excluding hydrogens is 202 g/mol. The molecule has 2 N–H and O–H groups in total. The van der Waals surface area contributed by atoms with Gasteiger partial charge in [0.15, 0.2) is 0 Å². The van der Waals surface area contributed by atoms with E-state index in [2.05, 4.69) is 33.7 Å². The Kier molecular flexibility index (Phi) is 3.24. The van der Waals surface area contributed by atoms with Crippen molar-refractivity contribution in [3.8, 4) is 0 Å². The van der Waals surface area contributed by atoms with Gasteiger partial charge in [-0.15, -0.1) is 0 Å². The van der Waals surface area contributed by atoms with E-state index >= 15 is 0 Å². The van der Waals surface area contributed by atoms with Gasteiger partial charge in [-0.3, -0.25) is 0 Å². The molecule has 1 saturated heterocycles. The van der Waals surface area contributed by atoms with Crippen molar-refractivity contribution in [1.82, 2.24) is 14.9 Å². The Labute approximate surface area is 96.3 Å². The lowest BCUT2D eigenvalue weighted by Gasteiger charge is -2.28. The van der Waals surface area contributed by atoms with Gasteiger partial charge in [0.25, 0.3) is 0 Å². The zero-order chi connectivity index (χ0) is 11.5. The summed E-state index contributed by atoms with van der Waals surface area (Å²) in [5.74, 6) is 1.29. The molecule has 0 amide bonds. The smallest absolute Gasteiger partial charge is 0.221 e. The fraction of sp³-hybridized carbons (Fsp3) is 0.636. The largest absolute Gasteiger partial charge is 0.368 e. The molecular formula is C11H19N5. The van der Waals surface area contributed by atoms with Crippen LogP contribution in [0.5, 0.6) is 0 Å². The van der Waals surface area contributed by atoms with E-state index in [-0.39, 0.29) is 0 Å². The zero-order valence-corrected chi connectivity index (χ0v) is 9.93. The summed E-state index contributed by atoms with van der Waals surface area (Å²) in [5.41, 5.74) is 5.62. The Hall–Kier alpha value is -1.36. The van der Waals surface area contributed by atoms with Gasteiger partial charge in [0.05, 0.1) is 0 Å². The zero-order valence-electron chi connectivity index (χ0n) is 9.93. The third-order valence-electron chi connectivity index (χ3n) is 3.00. The van der Waals surface area contributed by atoms with E-state index in [9.17, 15) is 0 Å². The molecule has 2 heterocycles. The molecule has 1 aliphatic heterocycles. The molecule has 5 heteroatoms. The second kappa shape index (κ2) is 4.65. The van der Waals surface area contributed by atoms with Crippen LogP contribution in [0, 0.1) is 0 Å². The topological polar surface area (TPSA) is 58.3 Å². The van der Waals surface area contributed by atoms with Gasteiger partial charge in [-0.2, -0.15) is 4.98 Å². The van der Waals surface area contributed by atoms with Crippen LogP contribution in [-0.4, -0.2) is 47.6 Å². The molecule has 0 spiro atoms. The quantitative estimate of drug-likeness (QED) is 0.752. The highest BCUT2D eigenvalue weighted by Crippen LogP contribution is 2.17. The van der Waals surface area contributed by atoms with Gasteiger partial charge in [0.1, 0.15) is 5.82 Å². The van der Waals surface area contributed by atoms with Crippen LogP contribution in [0.1, 0.15) is 13.3 Å². The first-order valence-electron chi connectivity index (χ1n) is 5.70. The summed E-state index contributed by atoms with van der Waals surface area (Å²) in [6, 6.07) is 2.39. The maximum absolute atomic E-state index is 5.62. The molecule has 88 valence electrons. The average molecular weight is 221 g/mol. The van der Waals surface area contributed by atoms with E-state index < -0.39 is 0 Å². The van der Waals surface area contributed by atoms with Crippen molar-refractivity contribution in [3.63, 3.8) is 0 Å². The summed E-state index contributed by atoms with van der Waals surface area (Å²) < 4.78 is 0. The van der Waals surface area contributed by atoms with E-state index in [0.717, 1.165) is 31.9 Å². The number of rotatable bonds is 1. The van der Waals surface area contributed by atoms with Crippen LogP contribution in [0.2, 0.25) is 0 Å². The monoisotopic (exact) mass is 221 g/mol. The normalized spacial score (nSPS) is 23.1. The van der Waals surface area contributed by atoms with Crippen LogP contribution < -0.4 is 10.6 Å². The van der Waals surface area contributed by atoms with Crippen LogP contribution in [0.15, 0.2) is 12.3 Å². The lowest BCUT2D eigenvalue weighted by atomic mass is 10.2. The standard InChI is InChI=1S/C11H19N5/c1-9-8-15(2)6-3-7-16(9)10-4-5-13-11(12)14-10/h4-5,9H,3,6-8H2,1-2H3,(H2,12,13,14).